The van der Waals surface area contributed by atoms with Crippen LogP contribution < -0.4 is 5.32 Å². The van der Waals surface area contributed by atoms with Gasteiger partial charge >= 0.3 is 0 Å². The van der Waals surface area contributed by atoms with Gasteiger partial charge in [-0.3, -0.25) is 0 Å². The van der Waals surface area contributed by atoms with Crippen LogP contribution in [0.3, 0.4) is 0 Å². The number of piperazine rings is 1. The van der Waals surface area contributed by atoms with Gasteiger partial charge in [0.2, 0.25) is 10.0 Å². The van der Waals surface area contributed by atoms with Gasteiger partial charge in [-0.1, -0.05) is 0 Å². The predicted octanol–water partition coefficient (Wildman–Crippen LogP) is 1.54. The van der Waals surface area contributed by atoms with Gasteiger partial charge in [0.25, 0.3) is 0 Å². The molecule has 1 unspecified atom stereocenters. The van der Waals surface area contributed by atoms with Crippen molar-refractivity contribution in [3.8, 4) is 0 Å². The second kappa shape index (κ2) is 6.17. The van der Waals surface area contributed by atoms with E-state index in [1.54, 1.807) is 6.92 Å². The van der Waals surface area contributed by atoms with E-state index in [9.17, 15) is 12.8 Å². The summed E-state index contributed by atoms with van der Waals surface area (Å²) in [4.78, 5) is 0.193. The summed E-state index contributed by atoms with van der Waals surface area (Å²) in [6.07, 6.45) is 0. The smallest absolute Gasteiger partial charge is 0.243 e. The van der Waals surface area contributed by atoms with Crippen molar-refractivity contribution in [2.24, 2.45) is 0 Å². The molecule has 1 heterocycles. The molecule has 0 amide bonds. The van der Waals surface area contributed by atoms with Crippen LogP contribution >= 0.6 is 12.4 Å². The largest absolute Gasteiger partial charge is 0.312 e. The molecule has 1 aliphatic heterocycles. The fraction of sp³-hybridized carbons (Fsp3) is 0.500. The molecule has 1 fully saturated rings. The van der Waals surface area contributed by atoms with Crippen molar-refractivity contribution in [2.45, 2.75) is 24.8 Å². The number of sulfonamides is 1. The van der Waals surface area contributed by atoms with Gasteiger partial charge in [-0.15, -0.1) is 12.4 Å². The van der Waals surface area contributed by atoms with Crippen molar-refractivity contribution < 1.29 is 12.8 Å². The molecule has 1 saturated heterocycles. The van der Waals surface area contributed by atoms with E-state index in [0.29, 0.717) is 25.2 Å². The van der Waals surface area contributed by atoms with Crippen molar-refractivity contribution in [2.75, 3.05) is 19.6 Å². The van der Waals surface area contributed by atoms with Gasteiger partial charge in [-0.2, -0.15) is 4.31 Å². The molecule has 1 aromatic rings. The summed E-state index contributed by atoms with van der Waals surface area (Å²) < 4.78 is 39.4. The van der Waals surface area contributed by atoms with E-state index >= 15 is 0 Å². The first-order valence-corrected chi connectivity index (χ1v) is 7.35. The van der Waals surface area contributed by atoms with E-state index in [2.05, 4.69) is 5.32 Å². The molecule has 4 nitrogen and oxygen atoms in total. The fourth-order valence-corrected chi connectivity index (χ4v) is 3.89. The van der Waals surface area contributed by atoms with Crippen molar-refractivity contribution in [1.82, 2.24) is 9.62 Å². The maximum absolute atomic E-state index is 13.0. The quantitative estimate of drug-likeness (QED) is 0.901. The first kappa shape index (κ1) is 16.4. The zero-order chi connectivity index (χ0) is 13.3. The summed E-state index contributed by atoms with van der Waals surface area (Å²) in [6, 6.07) is 3.91. The lowest BCUT2D eigenvalue weighted by Crippen LogP contribution is -2.51. The Labute approximate surface area is 119 Å². The second-order valence-corrected chi connectivity index (χ2v) is 6.53. The van der Waals surface area contributed by atoms with Gasteiger partial charge in [0.1, 0.15) is 5.82 Å². The topological polar surface area (TPSA) is 49.4 Å². The maximum atomic E-state index is 13.0. The average molecular weight is 309 g/mol. The lowest BCUT2D eigenvalue weighted by atomic mass is 10.2. The molecule has 19 heavy (non-hydrogen) atoms. The van der Waals surface area contributed by atoms with Crippen LogP contribution in [-0.4, -0.2) is 38.4 Å². The molecular weight excluding hydrogens is 291 g/mol. The van der Waals surface area contributed by atoms with Crippen molar-refractivity contribution in [3.05, 3.63) is 29.6 Å². The Morgan fingerprint density at radius 1 is 1.42 bits per heavy atom. The molecule has 1 atom stereocenters. The minimum Gasteiger partial charge on any atom is -0.312 e. The fourth-order valence-electron chi connectivity index (χ4n) is 2.16. The van der Waals surface area contributed by atoms with Crippen molar-refractivity contribution in [1.29, 1.82) is 0 Å². The monoisotopic (exact) mass is 308 g/mol. The van der Waals surface area contributed by atoms with E-state index in [1.807, 2.05) is 6.92 Å². The number of hydrogen-bond donors (Lipinski definition) is 1. The molecular formula is C12H18ClFN2O2S. The maximum Gasteiger partial charge on any atom is 0.243 e. The van der Waals surface area contributed by atoms with Crippen LogP contribution in [0, 0.1) is 12.7 Å². The Balaban J connectivity index is 0.00000180. The first-order chi connectivity index (χ1) is 8.41. The van der Waals surface area contributed by atoms with E-state index in [1.165, 1.54) is 22.5 Å². The zero-order valence-electron chi connectivity index (χ0n) is 10.9. The van der Waals surface area contributed by atoms with Crippen molar-refractivity contribution in [3.63, 3.8) is 0 Å². The molecule has 0 radical (unpaired) electrons. The third-order valence-corrected chi connectivity index (χ3v) is 5.11. The molecule has 2 rings (SSSR count). The summed E-state index contributed by atoms with van der Waals surface area (Å²) in [7, 11) is -3.52. The van der Waals surface area contributed by atoms with Gasteiger partial charge in [-0.25, -0.2) is 12.8 Å². The van der Waals surface area contributed by atoms with E-state index in [4.69, 9.17) is 0 Å². The van der Waals surface area contributed by atoms with Crippen LogP contribution in [0.5, 0.6) is 0 Å². The summed E-state index contributed by atoms with van der Waals surface area (Å²) in [6.45, 7) is 5.09. The third kappa shape index (κ3) is 3.45. The minimum atomic E-state index is -3.52. The summed E-state index contributed by atoms with van der Waals surface area (Å²) in [5, 5.41) is 3.19. The lowest BCUT2D eigenvalue weighted by Gasteiger charge is -2.31. The molecule has 7 heteroatoms. The predicted molar refractivity (Wildman–Crippen MR) is 74.6 cm³/mol. The second-order valence-electron chi connectivity index (χ2n) is 4.63. The number of halogens is 2. The van der Waals surface area contributed by atoms with E-state index < -0.39 is 15.8 Å². The van der Waals surface area contributed by atoms with Crippen LogP contribution in [0.15, 0.2) is 23.1 Å². The molecule has 1 N–H and O–H groups in total. The number of rotatable bonds is 2. The minimum absolute atomic E-state index is 0. The van der Waals surface area contributed by atoms with Crippen LogP contribution in [0.25, 0.3) is 0 Å². The van der Waals surface area contributed by atoms with Gasteiger partial charge in [0.05, 0.1) is 4.90 Å². The average Bonchev–Trinajstić information content (AvgIpc) is 2.28. The normalized spacial score (nSPS) is 20.9. The Kier molecular flexibility index (Phi) is 5.32. The van der Waals surface area contributed by atoms with Crippen molar-refractivity contribution >= 4 is 22.4 Å². The SMILES string of the molecule is Cc1cc(F)ccc1S(=O)(=O)N1CCNC(C)C1.Cl. The highest BCUT2D eigenvalue weighted by Gasteiger charge is 2.29. The van der Waals surface area contributed by atoms with Crippen LogP contribution in [0.2, 0.25) is 0 Å². The summed E-state index contributed by atoms with van der Waals surface area (Å²) >= 11 is 0. The van der Waals surface area contributed by atoms with Gasteiger partial charge < -0.3 is 5.32 Å². The number of nitrogens with one attached hydrogen (secondary N) is 1. The summed E-state index contributed by atoms with van der Waals surface area (Å²) in [5.41, 5.74) is 0.446. The third-order valence-electron chi connectivity index (χ3n) is 3.09. The lowest BCUT2D eigenvalue weighted by molar-refractivity contribution is 0.310. The number of nitrogens with zero attached hydrogens (tertiary/aromatic N) is 1. The first-order valence-electron chi connectivity index (χ1n) is 5.91. The van der Waals surface area contributed by atoms with Gasteiger partial charge in [-0.05, 0) is 37.6 Å². The highest BCUT2D eigenvalue weighted by atomic mass is 35.5. The molecule has 1 aromatic carbocycles. The number of hydrogen-bond acceptors (Lipinski definition) is 3. The Hall–Kier alpha value is -0.690. The molecule has 0 saturated carbocycles. The van der Waals surface area contributed by atoms with E-state index in [0.717, 1.165) is 0 Å². The van der Waals surface area contributed by atoms with Gasteiger partial charge in [0.15, 0.2) is 0 Å². The zero-order valence-corrected chi connectivity index (χ0v) is 12.5. The van der Waals surface area contributed by atoms with Gasteiger partial charge in [0, 0.05) is 25.7 Å². The molecule has 0 aromatic heterocycles. The van der Waals surface area contributed by atoms with Crippen LogP contribution in [0.4, 0.5) is 4.39 Å². The van der Waals surface area contributed by atoms with E-state index in [-0.39, 0.29) is 23.3 Å². The standard InChI is InChI=1S/C12H17FN2O2S.ClH/c1-9-7-11(13)3-4-12(9)18(16,17)15-6-5-14-10(2)8-15;/h3-4,7,10,14H,5-6,8H2,1-2H3;1H. The molecule has 0 aliphatic carbocycles. The molecule has 108 valence electrons. The number of benzene rings is 1. The number of aryl methyl sites for hydroxylation is 1. The Morgan fingerprint density at radius 2 is 2.11 bits per heavy atom. The Morgan fingerprint density at radius 3 is 2.68 bits per heavy atom. The summed E-state index contributed by atoms with van der Waals surface area (Å²) in [5.74, 6) is -0.417. The molecule has 0 bridgehead atoms. The molecule has 1 aliphatic rings. The van der Waals surface area contributed by atoms with Crippen LogP contribution in [0.1, 0.15) is 12.5 Å². The highest BCUT2D eigenvalue weighted by Crippen LogP contribution is 2.21. The molecule has 0 spiro atoms. The highest BCUT2D eigenvalue weighted by molar-refractivity contribution is 7.89. The van der Waals surface area contributed by atoms with Crippen LogP contribution in [-0.2, 0) is 10.0 Å². The Bertz CT molecular complexity index is 551.